The number of nitrogens with zero attached hydrogens (tertiary/aromatic N) is 1. The molecule has 0 N–H and O–H groups in total. The molecule has 0 radical (unpaired) electrons. The molecule has 0 atom stereocenters. The van der Waals surface area contributed by atoms with Crippen molar-refractivity contribution >= 4 is 6.29 Å². The molecule has 0 unspecified atom stereocenters. The van der Waals surface area contributed by atoms with Gasteiger partial charge in [0, 0.05) is 19.0 Å². The molecule has 0 aromatic carbocycles. The SMILES string of the molecule is CN(CCC=O)C1CCC(C)(C)CC1. The predicted octanol–water partition coefficient (Wildman–Crippen LogP) is 2.48. The minimum absolute atomic E-state index is 0.544. The topological polar surface area (TPSA) is 20.3 Å². The zero-order valence-corrected chi connectivity index (χ0v) is 9.75. The first-order chi connectivity index (χ1) is 6.55. The largest absolute Gasteiger partial charge is 0.303 e. The first-order valence-corrected chi connectivity index (χ1v) is 5.69. The van der Waals surface area contributed by atoms with Gasteiger partial charge < -0.3 is 9.69 Å². The molecule has 1 aliphatic carbocycles. The van der Waals surface area contributed by atoms with Gasteiger partial charge in [-0.15, -0.1) is 0 Å². The molecule has 14 heavy (non-hydrogen) atoms. The minimum Gasteiger partial charge on any atom is -0.303 e. The lowest BCUT2D eigenvalue weighted by Gasteiger charge is -2.38. The molecule has 82 valence electrons. The second kappa shape index (κ2) is 4.92. The van der Waals surface area contributed by atoms with Crippen LogP contribution in [0.4, 0.5) is 0 Å². The Morgan fingerprint density at radius 2 is 1.93 bits per heavy atom. The van der Waals surface area contributed by atoms with Crippen molar-refractivity contribution in [3.05, 3.63) is 0 Å². The summed E-state index contributed by atoms with van der Waals surface area (Å²) in [6.07, 6.45) is 6.93. The summed E-state index contributed by atoms with van der Waals surface area (Å²) in [6, 6.07) is 0.711. The number of hydrogen-bond donors (Lipinski definition) is 0. The van der Waals surface area contributed by atoms with Crippen LogP contribution in [0.1, 0.15) is 46.0 Å². The van der Waals surface area contributed by atoms with Crippen LogP contribution >= 0.6 is 0 Å². The molecule has 0 aromatic heterocycles. The van der Waals surface area contributed by atoms with E-state index in [4.69, 9.17) is 0 Å². The van der Waals surface area contributed by atoms with Gasteiger partial charge in [-0.05, 0) is 38.1 Å². The van der Waals surface area contributed by atoms with Crippen LogP contribution in [0.3, 0.4) is 0 Å². The van der Waals surface area contributed by atoms with Crippen LogP contribution in [0, 0.1) is 5.41 Å². The van der Waals surface area contributed by atoms with Gasteiger partial charge in [-0.2, -0.15) is 0 Å². The number of aldehydes is 1. The molecule has 0 aromatic rings. The Bertz CT molecular complexity index is 179. The summed E-state index contributed by atoms with van der Waals surface area (Å²) in [4.78, 5) is 12.6. The van der Waals surface area contributed by atoms with Gasteiger partial charge in [0.1, 0.15) is 6.29 Å². The minimum atomic E-state index is 0.544. The van der Waals surface area contributed by atoms with Crippen LogP contribution in [0.2, 0.25) is 0 Å². The van der Waals surface area contributed by atoms with Gasteiger partial charge in [0.05, 0.1) is 0 Å². The molecule has 1 fully saturated rings. The van der Waals surface area contributed by atoms with E-state index in [1.165, 1.54) is 25.7 Å². The average molecular weight is 197 g/mol. The summed E-state index contributed by atoms with van der Waals surface area (Å²) in [6.45, 7) is 5.64. The maximum Gasteiger partial charge on any atom is 0.121 e. The van der Waals surface area contributed by atoms with Crippen molar-refractivity contribution in [3.8, 4) is 0 Å². The van der Waals surface area contributed by atoms with E-state index in [2.05, 4.69) is 25.8 Å². The highest BCUT2D eigenvalue weighted by Gasteiger charge is 2.28. The Morgan fingerprint density at radius 1 is 1.36 bits per heavy atom. The van der Waals surface area contributed by atoms with Gasteiger partial charge in [-0.1, -0.05) is 13.8 Å². The van der Waals surface area contributed by atoms with Crippen molar-refractivity contribution in [3.63, 3.8) is 0 Å². The highest BCUT2D eigenvalue weighted by Crippen LogP contribution is 2.36. The van der Waals surface area contributed by atoms with Crippen molar-refractivity contribution < 1.29 is 4.79 Å². The van der Waals surface area contributed by atoms with E-state index in [-0.39, 0.29) is 0 Å². The lowest BCUT2D eigenvalue weighted by molar-refractivity contribution is -0.108. The van der Waals surface area contributed by atoms with E-state index in [9.17, 15) is 4.79 Å². The van der Waals surface area contributed by atoms with Gasteiger partial charge >= 0.3 is 0 Å². The van der Waals surface area contributed by atoms with Crippen LogP contribution in [-0.2, 0) is 4.79 Å². The molecule has 0 heterocycles. The molecule has 2 nitrogen and oxygen atoms in total. The highest BCUT2D eigenvalue weighted by molar-refractivity contribution is 5.49. The smallest absolute Gasteiger partial charge is 0.121 e. The monoisotopic (exact) mass is 197 g/mol. The summed E-state index contributed by atoms with van der Waals surface area (Å²) in [5.74, 6) is 0. The fourth-order valence-corrected chi connectivity index (χ4v) is 2.26. The van der Waals surface area contributed by atoms with Gasteiger partial charge in [-0.3, -0.25) is 0 Å². The summed E-state index contributed by atoms with van der Waals surface area (Å²) in [5, 5.41) is 0. The fourth-order valence-electron chi connectivity index (χ4n) is 2.26. The van der Waals surface area contributed by atoms with Crippen molar-refractivity contribution in [1.29, 1.82) is 0 Å². The van der Waals surface area contributed by atoms with Crippen LogP contribution in [0.15, 0.2) is 0 Å². The van der Waals surface area contributed by atoms with E-state index in [1.54, 1.807) is 0 Å². The van der Waals surface area contributed by atoms with Crippen LogP contribution in [0.5, 0.6) is 0 Å². The molecule has 0 aliphatic heterocycles. The normalized spacial score (nSPS) is 22.6. The Labute approximate surface area is 87.7 Å². The first-order valence-electron chi connectivity index (χ1n) is 5.69. The molecule has 1 rings (SSSR count). The quantitative estimate of drug-likeness (QED) is 0.645. The lowest BCUT2D eigenvalue weighted by atomic mass is 9.75. The molecule has 2 heteroatoms. The summed E-state index contributed by atoms with van der Waals surface area (Å²) in [7, 11) is 2.15. The van der Waals surface area contributed by atoms with Gasteiger partial charge in [0.25, 0.3) is 0 Å². The Hall–Kier alpha value is -0.370. The third kappa shape index (κ3) is 3.41. The predicted molar refractivity (Wildman–Crippen MR) is 59.3 cm³/mol. The van der Waals surface area contributed by atoms with Crippen molar-refractivity contribution in [2.24, 2.45) is 5.41 Å². The number of hydrogen-bond acceptors (Lipinski definition) is 2. The van der Waals surface area contributed by atoms with E-state index in [1.807, 2.05) is 0 Å². The Balaban J connectivity index is 2.30. The zero-order chi connectivity index (χ0) is 10.6. The number of carbonyl (C=O) groups is 1. The maximum atomic E-state index is 10.3. The molecule has 1 saturated carbocycles. The number of carbonyl (C=O) groups excluding carboxylic acids is 1. The molecule has 0 amide bonds. The third-order valence-corrected chi connectivity index (χ3v) is 3.53. The molecule has 1 aliphatic rings. The van der Waals surface area contributed by atoms with Crippen molar-refractivity contribution in [2.45, 2.75) is 52.0 Å². The van der Waals surface area contributed by atoms with Gasteiger partial charge in [0.2, 0.25) is 0 Å². The summed E-state index contributed by atoms with van der Waals surface area (Å²) < 4.78 is 0. The van der Waals surface area contributed by atoms with Crippen LogP contribution < -0.4 is 0 Å². The van der Waals surface area contributed by atoms with Crippen LogP contribution in [-0.4, -0.2) is 30.8 Å². The first kappa shape index (κ1) is 11.7. The van der Waals surface area contributed by atoms with E-state index in [0.717, 1.165) is 12.8 Å². The zero-order valence-electron chi connectivity index (χ0n) is 9.75. The summed E-state index contributed by atoms with van der Waals surface area (Å²) >= 11 is 0. The Morgan fingerprint density at radius 3 is 2.43 bits per heavy atom. The second-order valence-electron chi connectivity index (χ2n) is 5.33. The maximum absolute atomic E-state index is 10.3. The second-order valence-corrected chi connectivity index (χ2v) is 5.33. The molecule has 0 bridgehead atoms. The standard InChI is InChI=1S/C12H23NO/c1-12(2)7-5-11(6-8-12)13(3)9-4-10-14/h10-11H,4-9H2,1-3H3. The van der Waals surface area contributed by atoms with Gasteiger partial charge in [-0.25, -0.2) is 0 Å². The van der Waals surface area contributed by atoms with E-state index in [0.29, 0.717) is 17.9 Å². The van der Waals surface area contributed by atoms with Crippen LogP contribution in [0.25, 0.3) is 0 Å². The van der Waals surface area contributed by atoms with E-state index >= 15 is 0 Å². The highest BCUT2D eigenvalue weighted by atomic mass is 16.1. The van der Waals surface area contributed by atoms with Gasteiger partial charge in [0.15, 0.2) is 0 Å². The average Bonchev–Trinajstić information content (AvgIpc) is 2.14. The molecular formula is C12H23NO. The Kier molecular flexibility index (Phi) is 4.11. The summed E-state index contributed by atoms with van der Waals surface area (Å²) in [5.41, 5.74) is 0.544. The lowest BCUT2D eigenvalue weighted by Crippen LogP contribution is -2.37. The third-order valence-electron chi connectivity index (χ3n) is 3.53. The van der Waals surface area contributed by atoms with Crippen molar-refractivity contribution in [2.75, 3.05) is 13.6 Å². The molecular weight excluding hydrogens is 174 g/mol. The molecule has 0 spiro atoms. The fraction of sp³-hybridized carbons (Fsp3) is 0.917. The van der Waals surface area contributed by atoms with Crippen molar-refractivity contribution in [1.82, 2.24) is 4.90 Å². The number of rotatable bonds is 4. The van der Waals surface area contributed by atoms with E-state index < -0.39 is 0 Å². The molecule has 0 saturated heterocycles.